The minimum absolute atomic E-state index is 0.242. The van der Waals surface area contributed by atoms with Crippen molar-refractivity contribution < 1.29 is 19.0 Å². The average molecular weight is 350 g/mol. The van der Waals surface area contributed by atoms with Crippen molar-refractivity contribution in [3.05, 3.63) is 52.5 Å². The van der Waals surface area contributed by atoms with Crippen LogP contribution in [-0.2, 0) is 6.54 Å². The van der Waals surface area contributed by atoms with Crippen molar-refractivity contribution in [2.45, 2.75) is 13.5 Å². The molecule has 0 radical (unpaired) electrons. The van der Waals surface area contributed by atoms with Gasteiger partial charge in [0, 0.05) is 12.1 Å². The zero-order valence-corrected chi connectivity index (χ0v) is 14.6. The lowest BCUT2D eigenvalue weighted by Gasteiger charge is -2.13. The van der Waals surface area contributed by atoms with Gasteiger partial charge in [0.05, 0.1) is 25.8 Å². The van der Waals surface area contributed by atoms with Gasteiger partial charge in [0.2, 0.25) is 0 Å². The summed E-state index contributed by atoms with van der Waals surface area (Å²) < 4.78 is 15.8. The fourth-order valence-corrected chi connectivity index (χ4v) is 2.43. The van der Waals surface area contributed by atoms with E-state index in [2.05, 4.69) is 5.32 Å². The summed E-state index contributed by atoms with van der Waals surface area (Å²) in [5.41, 5.74) is 1.38. The number of rotatable bonds is 7. The van der Waals surface area contributed by atoms with E-state index in [9.17, 15) is 4.79 Å². The van der Waals surface area contributed by atoms with E-state index in [0.717, 1.165) is 11.3 Å². The van der Waals surface area contributed by atoms with Crippen LogP contribution < -0.4 is 19.5 Å². The van der Waals surface area contributed by atoms with E-state index in [-0.39, 0.29) is 5.91 Å². The van der Waals surface area contributed by atoms with Crippen LogP contribution in [0, 0.1) is 0 Å². The Morgan fingerprint density at radius 2 is 1.83 bits per heavy atom. The van der Waals surface area contributed by atoms with Crippen LogP contribution in [-0.4, -0.2) is 26.7 Å². The molecule has 0 saturated heterocycles. The van der Waals surface area contributed by atoms with E-state index < -0.39 is 0 Å². The van der Waals surface area contributed by atoms with E-state index in [1.165, 1.54) is 7.11 Å². The second-order valence-electron chi connectivity index (χ2n) is 4.95. The van der Waals surface area contributed by atoms with Gasteiger partial charge in [0.25, 0.3) is 5.91 Å². The number of amides is 1. The highest BCUT2D eigenvalue weighted by Gasteiger charge is 2.15. The third kappa shape index (κ3) is 4.32. The molecule has 0 unspecified atom stereocenters. The lowest BCUT2D eigenvalue weighted by molar-refractivity contribution is 0.0950. The number of hydrogen-bond acceptors (Lipinski definition) is 4. The quantitative estimate of drug-likeness (QED) is 0.828. The highest BCUT2D eigenvalue weighted by atomic mass is 35.5. The smallest absolute Gasteiger partial charge is 0.251 e. The van der Waals surface area contributed by atoms with E-state index in [1.54, 1.807) is 19.2 Å². The minimum Gasteiger partial charge on any atom is -0.497 e. The maximum absolute atomic E-state index is 12.3. The maximum Gasteiger partial charge on any atom is 0.251 e. The molecule has 0 aromatic heterocycles. The third-order valence-electron chi connectivity index (χ3n) is 3.39. The predicted molar refractivity (Wildman–Crippen MR) is 93.3 cm³/mol. The fourth-order valence-electron chi connectivity index (χ4n) is 2.16. The molecule has 0 saturated carbocycles. The SMILES string of the molecule is CCOc1c(Cl)cc(C(=O)NCc2ccc(OC)cc2)cc1OC. The van der Waals surface area contributed by atoms with Crippen LogP contribution in [0.5, 0.6) is 17.2 Å². The van der Waals surface area contributed by atoms with Crippen molar-refractivity contribution in [3.8, 4) is 17.2 Å². The molecule has 1 N–H and O–H groups in total. The van der Waals surface area contributed by atoms with Gasteiger partial charge in [-0.05, 0) is 36.8 Å². The summed E-state index contributed by atoms with van der Waals surface area (Å²) in [5.74, 6) is 1.40. The molecule has 24 heavy (non-hydrogen) atoms. The number of ether oxygens (including phenoxy) is 3. The molecule has 0 fully saturated rings. The van der Waals surface area contributed by atoms with Crippen LogP contribution in [0.1, 0.15) is 22.8 Å². The van der Waals surface area contributed by atoms with Crippen molar-refractivity contribution >= 4 is 17.5 Å². The Kier molecular flexibility index (Phi) is 6.32. The zero-order valence-electron chi connectivity index (χ0n) is 13.9. The second kappa shape index (κ2) is 8.45. The van der Waals surface area contributed by atoms with Gasteiger partial charge in [-0.1, -0.05) is 23.7 Å². The molecule has 1 amide bonds. The highest BCUT2D eigenvalue weighted by Crippen LogP contribution is 2.36. The molecule has 0 aliphatic carbocycles. The average Bonchev–Trinajstić information content (AvgIpc) is 2.61. The highest BCUT2D eigenvalue weighted by molar-refractivity contribution is 6.32. The van der Waals surface area contributed by atoms with Crippen molar-refractivity contribution in [2.24, 2.45) is 0 Å². The fraction of sp³-hybridized carbons (Fsp3) is 0.278. The molecule has 0 spiro atoms. The van der Waals surface area contributed by atoms with Crippen LogP contribution in [0.4, 0.5) is 0 Å². The molecule has 0 atom stereocenters. The largest absolute Gasteiger partial charge is 0.497 e. The molecular weight excluding hydrogens is 330 g/mol. The molecule has 5 nitrogen and oxygen atoms in total. The van der Waals surface area contributed by atoms with E-state index in [1.807, 2.05) is 31.2 Å². The summed E-state index contributed by atoms with van der Waals surface area (Å²) in [5, 5.41) is 3.19. The Morgan fingerprint density at radius 3 is 2.42 bits per heavy atom. The van der Waals surface area contributed by atoms with Gasteiger partial charge in [-0.2, -0.15) is 0 Å². The number of carbonyl (C=O) groups is 1. The lowest BCUT2D eigenvalue weighted by Crippen LogP contribution is -2.22. The normalized spacial score (nSPS) is 10.2. The summed E-state index contributed by atoms with van der Waals surface area (Å²) in [6, 6.07) is 10.7. The van der Waals surface area contributed by atoms with Gasteiger partial charge in [0.15, 0.2) is 11.5 Å². The summed E-state index contributed by atoms with van der Waals surface area (Å²) in [4.78, 5) is 12.3. The van der Waals surface area contributed by atoms with Crippen LogP contribution in [0.2, 0.25) is 5.02 Å². The number of nitrogens with one attached hydrogen (secondary N) is 1. The maximum atomic E-state index is 12.3. The van der Waals surface area contributed by atoms with Crippen molar-refractivity contribution in [3.63, 3.8) is 0 Å². The van der Waals surface area contributed by atoms with Gasteiger partial charge < -0.3 is 19.5 Å². The van der Waals surface area contributed by atoms with E-state index in [4.69, 9.17) is 25.8 Å². The Bertz CT molecular complexity index is 701. The Morgan fingerprint density at radius 1 is 1.12 bits per heavy atom. The van der Waals surface area contributed by atoms with Crippen LogP contribution in [0.15, 0.2) is 36.4 Å². The van der Waals surface area contributed by atoms with Crippen molar-refractivity contribution in [2.75, 3.05) is 20.8 Å². The Labute approximate surface area is 146 Å². The molecule has 2 rings (SSSR count). The molecule has 6 heteroatoms. The summed E-state index contributed by atoms with van der Waals surface area (Å²) in [6.07, 6.45) is 0. The molecule has 0 bridgehead atoms. The van der Waals surface area contributed by atoms with Gasteiger partial charge >= 0.3 is 0 Å². The van der Waals surface area contributed by atoms with Gasteiger partial charge in [-0.3, -0.25) is 4.79 Å². The monoisotopic (exact) mass is 349 g/mol. The first-order valence-electron chi connectivity index (χ1n) is 7.50. The molecule has 2 aromatic carbocycles. The molecule has 0 aliphatic rings. The number of methoxy groups -OCH3 is 2. The van der Waals surface area contributed by atoms with Crippen molar-refractivity contribution in [1.29, 1.82) is 0 Å². The topological polar surface area (TPSA) is 56.8 Å². The molecule has 128 valence electrons. The minimum atomic E-state index is -0.242. The second-order valence-corrected chi connectivity index (χ2v) is 5.36. The lowest BCUT2D eigenvalue weighted by atomic mass is 10.1. The van der Waals surface area contributed by atoms with Gasteiger partial charge in [0.1, 0.15) is 5.75 Å². The molecular formula is C18H20ClNO4. The Balaban J connectivity index is 2.09. The number of carbonyl (C=O) groups excluding carboxylic acids is 1. The number of benzene rings is 2. The molecule has 0 heterocycles. The van der Waals surface area contributed by atoms with Crippen LogP contribution in [0.25, 0.3) is 0 Å². The predicted octanol–water partition coefficient (Wildman–Crippen LogP) is 3.69. The third-order valence-corrected chi connectivity index (χ3v) is 3.67. The van der Waals surface area contributed by atoms with Gasteiger partial charge in [-0.15, -0.1) is 0 Å². The Hall–Kier alpha value is -2.40. The summed E-state index contributed by atoms with van der Waals surface area (Å²) in [6.45, 7) is 2.71. The first-order valence-corrected chi connectivity index (χ1v) is 7.88. The molecule has 0 aliphatic heterocycles. The number of halogens is 1. The summed E-state index contributed by atoms with van der Waals surface area (Å²) in [7, 11) is 3.12. The zero-order chi connectivity index (χ0) is 17.5. The first kappa shape index (κ1) is 17.9. The van der Waals surface area contributed by atoms with E-state index in [0.29, 0.717) is 35.2 Å². The van der Waals surface area contributed by atoms with Crippen molar-refractivity contribution in [1.82, 2.24) is 5.32 Å². The standard InChI is InChI=1S/C18H20ClNO4/c1-4-24-17-15(19)9-13(10-16(17)23-3)18(21)20-11-12-5-7-14(22-2)8-6-12/h5-10H,4,11H2,1-3H3,(H,20,21). The van der Waals surface area contributed by atoms with Crippen LogP contribution >= 0.6 is 11.6 Å². The molecule has 2 aromatic rings. The van der Waals surface area contributed by atoms with E-state index >= 15 is 0 Å². The first-order chi connectivity index (χ1) is 11.6. The number of hydrogen-bond donors (Lipinski definition) is 1. The van der Waals surface area contributed by atoms with Crippen LogP contribution in [0.3, 0.4) is 0 Å². The van der Waals surface area contributed by atoms with Gasteiger partial charge in [-0.25, -0.2) is 0 Å². The summed E-state index contributed by atoms with van der Waals surface area (Å²) >= 11 is 6.19.